The highest BCUT2D eigenvalue weighted by Gasteiger charge is 2.05. The zero-order valence-electron chi connectivity index (χ0n) is 9.52. The predicted molar refractivity (Wildman–Crippen MR) is 76.7 cm³/mol. The number of carbonyl (C=O) groups excluding carboxylic acids is 1. The molecule has 0 aliphatic heterocycles. The average molecular weight is 326 g/mol. The van der Waals surface area contributed by atoms with Gasteiger partial charge < -0.3 is 11.1 Å². The van der Waals surface area contributed by atoms with Gasteiger partial charge in [0, 0.05) is 17.6 Å². The zero-order chi connectivity index (χ0) is 13.0. The van der Waals surface area contributed by atoms with Gasteiger partial charge in [0.2, 0.25) is 0 Å². The maximum absolute atomic E-state index is 11.8. The van der Waals surface area contributed by atoms with E-state index in [9.17, 15) is 4.79 Å². The number of carbonyl (C=O) groups is 1. The molecular formula is C12H12BrN3OS. The van der Waals surface area contributed by atoms with E-state index in [0.29, 0.717) is 17.9 Å². The monoisotopic (exact) mass is 325 g/mol. The van der Waals surface area contributed by atoms with Crippen LogP contribution in [0.25, 0.3) is 0 Å². The summed E-state index contributed by atoms with van der Waals surface area (Å²) in [7, 11) is 0. The Balaban J connectivity index is 1.83. The fourth-order valence-electron chi connectivity index (χ4n) is 1.43. The van der Waals surface area contributed by atoms with E-state index in [1.54, 1.807) is 23.5 Å². The maximum Gasteiger partial charge on any atom is 0.252 e. The van der Waals surface area contributed by atoms with Crippen molar-refractivity contribution in [1.29, 1.82) is 0 Å². The van der Waals surface area contributed by atoms with Crippen molar-refractivity contribution < 1.29 is 4.79 Å². The summed E-state index contributed by atoms with van der Waals surface area (Å²) in [6.45, 7) is 0.607. The van der Waals surface area contributed by atoms with Crippen LogP contribution in [-0.2, 0) is 6.42 Å². The highest BCUT2D eigenvalue weighted by Crippen LogP contribution is 2.22. The van der Waals surface area contributed by atoms with Gasteiger partial charge in [-0.05, 0) is 46.6 Å². The molecule has 2 heterocycles. The normalized spacial score (nSPS) is 10.3. The van der Waals surface area contributed by atoms with Crippen molar-refractivity contribution in [2.75, 3.05) is 12.3 Å². The number of aromatic nitrogens is 1. The zero-order valence-corrected chi connectivity index (χ0v) is 11.9. The number of nitrogens with one attached hydrogen (secondary N) is 1. The molecule has 2 aromatic heterocycles. The SMILES string of the molecule is Nc1ccc(C(=O)NCCc2ccc(Br)s2)cn1. The van der Waals surface area contributed by atoms with Crippen molar-refractivity contribution >= 4 is 39.0 Å². The number of hydrogen-bond donors (Lipinski definition) is 2. The highest BCUT2D eigenvalue weighted by molar-refractivity contribution is 9.11. The van der Waals surface area contributed by atoms with Crippen molar-refractivity contribution in [3.63, 3.8) is 0 Å². The average Bonchev–Trinajstić information content (AvgIpc) is 2.76. The molecule has 0 aromatic carbocycles. The van der Waals surface area contributed by atoms with Crippen LogP contribution in [-0.4, -0.2) is 17.4 Å². The Bertz CT molecular complexity index is 539. The highest BCUT2D eigenvalue weighted by atomic mass is 79.9. The number of nitrogen functional groups attached to an aromatic ring is 1. The molecule has 18 heavy (non-hydrogen) atoms. The molecule has 1 amide bonds. The van der Waals surface area contributed by atoms with Crippen LogP contribution in [0.1, 0.15) is 15.2 Å². The van der Waals surface area contributed by atoms with Gasteiger partial charge in [-0.2, -0.15) is 0 Å². The first kappa shape index (κ1) is 13.0. The van der Waals surface area contributed by atoms with Crippen molar-refractivity contribution in [2.24, 2.45) is 0 Å². The summed E-state index contributed by atoms with van der Waals surface area (Å²) >= 11 is 5.08. The first-order valence-electron chi connectivity index (χ1n) is 5.39. The molecule has 2 rings (SSSR count). The van der Waals surface area contributed by atoms with E-state index in [0.717, 1.165) is 10.2 Å². The summed E-state index contributed by atoms with van der Waals surface area (Å²) in [6.07, 6.45) is 2.30. The van der Waals surface area contributed by atoms with Gasteiger partial charge in [0.1, 0.15) is 5.82 Å². The molecule has 0 fully saturated rings. The lowest BCUT2D eigenvalue weighted by Crippen LogP contribution is -2.25. The third-order valence-corrected chi connectivity index (χ3v) is 4.02. The summed E-state index contributed by atoms with van der Waals surface area (Å²) in [6, 6.07) is 7.34. The summed E-state index contributed by atoms with van der Waals surface area (Å²) in [5.41, 5.74) is 5.98. The molecule has 0 bridgehead atoms. The van der Waals surface area contributed by atoms with Crippen LogP contribution in [0.5, 0.6) is 0 Å². The Labute approximate surface area is 117 Å². The number of halogens is 1. The Hall–Kier alpha value is -1.40. The van der Waals surface area contributed by atoms with Crippen molar-refractivity contribution in [3.8, 4) is 0 Å². The standard InChI is InChI=1S/C12H12BrN3OS/c13-10-3-2-9(18-10)5-6-15-12(17)8-1-4-11(14)16-7-8/h1-4,7H,5-6H2,(H2,14,16)(H,15,17). The largest absolute Gasteiger partial charge is 0.384 e. The second kappa shape index (κ2) is 5.97. The van der Waals surface area contributed by atoms with Gasteiger partial charge >= 0.3 is 0 Å². The molecule has 0 saturated carbocycles. The smallest absolute Gasteiger partial charge is 0.252 e. The number of nitrogens with two attached hydrogens (primary N) is 1. The quantitative estimate of drug-likeness (QED) is 0.907. The number of anilines is 1. The lowest BCUT2D eigenvalue weighted by atomic mass is 10.2. The summed E-state index contributed by atoms with van der Waals surface area (Å²) in [4.78, 5) is 16.9. The first-order chi connectivity index (χ1) is 8.65. The fraction of sp³-hybridized carbons (Fsp3) is 0.167. The minimum atomic E-state index is -0.127. The lowest BCUT2D eigenvalue weighted by molar-refractivity contribution is 0.0954. The molecule has 0 atom stereocenters. The Morgan fingerprint density at radius 1 is 1.39 bits per heavy atom. The molecule has 0 aliphatic rings. The number of rotatable bonds is 4. The molecule has 6 heteroatoms. The number of pyridine rings is 1. The van der Waals surface area contributed by atoms with E-state index >= 15 is 0 Å². The van der Waals surface area contributed by atoms with E-state index in [4.69, 9.17) is 5.73 Å². The molecule has 0 saturated heterocycles. The molecule has 94 valence electrons. The molecule has 4 nitrogen and oxygen atoms in total. The van der Waals surface area contributed by atoms with E-state index < -0.39 is 0 Å². The minimum absolute atomic E-state index is 0.127. The van der Waals surface area contributed by atoms with Crippen LogP contribution < -0.4 is 11.1 Å². The summed E-state index contributed by atoms with van der Waals surface area (Å²) in [5.74, 6) is 0.285. The fourth-order valence-corrected chi connectivity index (χ4v) is 2.91. The molecule has 0 spiro atoms. The number of hydrogen-bond acceptors (Lipinski definition) is 4. The third-order valence-electron chi connectivity index (χ3n) is 2.33. The van der Waals surface area contributed by atoms with Gasteiger partial charge in [0.15, 0.2) is 0 Å². The Morgan fingerprint density at radius 3 is 2.83 bits per heavy atom. The van der Waals surface area contributed by atoms with Crippen molar-refractivity contribution in [1.82, 2.24) is 10.3 Å². The van der Waals surface area contributed by atoms with Gasteiger partial charge in [0.25, 0.3) is 5.91 Å². The number of thiophene rings is 1. The summed E-state index contributed by atoms with van der Waals surface area (Å²) < 4.78 is 1.10. The lowest BCUT2D eigenvalue weighted by Gasteiger charge is -2.04. The Morgan fingerprint density at radius 2 is 2.22 bits per heavy atom. The van der Waals surface area contributed by atoms with E-state index in [2.05, 4.69) is 26.2 Å². The second-order valence-corrected chi connectivity index (χ2v) is 6.23. The van der Waals surface area contributed by atoms with Crippen LogP contribution >= 0.6 is 27.3 Å². The molecule has 3 N–H and O–H groups in total. The van der Waals surface area contributed by atoms with Crippen LogP contribution in [0.3, 0.4) is 0 Å². The molecular weight excluding hydrogens is 314 g/mol. The van der Waals surface area contributed by atoms with E-state index in [-0.39, 0.29) is 5.91 Å². The molecule has 2 aromatic rings. The topological polar surface area (TPSA) is 68.0 Å². The van der Waals surface area contributed by atoms with E-state index in [1.807, 2.05) is 12.1 Å². The van der Waals surface area contributed by atoms with Crippen LogP contribution in [0.2, 0.25) is 0 Å². The van der Waals surface area contributed by atoms with Gasteiger partial charge in [0.05, 0.1) is 9.35 Å². The van der Waals surface area contributed by atoms with Crippen LogP contribution in [0, 0.1) is 0 Å². The number of nitrogens with zero attached hydrogens (tertiary/aromatic N) is 1. The van der Waals surface area contributed by atoms with Gasteiger partial charge in [-0.25, -0.2) is 4.98 Å². The molecule has 0 unspecified atom stereocenters. The van der Waals surface area contributed by atoms with Gasteiger partial charge in [-0.15, -0.1) is 11.3 Å². The van der Waals surface area contributed by atoms with Gasteiger partial charge in [-0.1, -0.05) is 0 Å². The summed E-state index contributed by atoms with van der Waals surface area (Å²) in [5, 5.41) is 2.85. The van der Waals surface area contributed by atoms with Crippen molar-refractivity contribution in [2.45, 2.75) is 6.42 Å². The minimum Gasteiger partial charge on any atom is -0.384 e. The van der Waals surface area contributed by atoms with Crippen molar-refractivity contribution in [3.05, 3.63) is 44.7 Å². The predicted octanol–water partition coefficient (Wildman–Crippen LogP) is 2.46. The molecule has 0 radical (unpaired) electrons. The van der Waals surface area contributed by atoms with Crippen LogP contribution in [0.4, 0.5) is 5.82 Å². The Kier molecular flexibility index (Phi) is 4.33. The number of amides is 1. The van der Waals surface area contributed by atoms with Crippen LogP contribution in [0.15, 0.2) is 34.2 Å². The third kappa shape index (κ3) is 3.54. The maximum atomic E-state index is 11.8. The second-order valence-electron chi connectivity index (χ2n) is 3.68. The van der Waals surface area contributed by atoms with Gasteiger partial charge in [-0.3, -0.25) is 4.79 Å². The molecule has 0 aliphatic carbocycles. The van der Waals surface area contributed by atoms with E-state index in [1.165, 1.54) is 11.1 Å². The first-order valence-corrected chi connectivity index (χ1v) is 7.00.